The third-order valence-corrected chi connectivity index (χ3v) is 4.63. The van der Waals surface area contributed by atoms with Crippen molar-refractivity contribution in [1.82, 2.24) is 5.32 Å². The molecule has 7 heteroatoms. The fraction of sp³-hybridized carbons (Fsp3) is 0.350. The third kappa shape index (κ3) is 4.15. The Morgan fingerprint density at radius 1 is 1.00 bits per heavy atom. The SMILES string of the molecule is COc1cccc(O[C@@H]2C[C@@H](NC(=O)c3ccccc3OC)[C@H](O)[C@H]2O)c1. The van der Waals surface area contributed by atoms with E-state index in [1.54, 1.807) is 55.6 Å². The van der Waals surface area contributed by atoms with Crippen molar-refractivity contribution in [2.45, 2.75) is 30.8 Å². The lowest BCUT2D eigenvalue weighted by atomic mass is 10.1. The number of carbonyl (C=O) groups is 1. The Morgan fingerprint density at radius 3 is 2.48 bits per heavy atom. The lowest BCUT2D eigenvalue weighted by Crippen LogP contribution is -2.43. The van der Waals surface area contributed by atoms with Gasteiger partial charge in [0.2, 0.25) is 0 Å². The van der Waals surface area contributed by atoms with Crippen LogP contribution in [-0.4, -0.2) is 54.7 Å². The molecule has 0 saturated heterocycles. The molecule has 2 aromatic carbocycles. The summed E-state index contributed by atoms with van der Waals surface area (Å²) in [7, 11) is 3.04. The monoisotopic (exact) mass is 373 g/mol. The maximum atomic E-state index is 12.5. The third-order valence-electron chi connectivity index (χ3n) is 4.63. The number of hydrogen-bond donors (Lipinski definition) is 3. The molecule has 1 fully saturated rings. The van der Waals surface area contributed by atoms with E-state index >= 15 is 0 Å². The highest BCUT2D eigenvalue weighted by Gasteiger charge is 2.44. The number of aliphatic hydroxyl groups excluding tert-OH is 2. The van der Waals surface area contributed by atoms with Gasteiger partial charge in [-0.25, -0.2) is 0 Å². The van der Waals surface area contributed by atoms with E-state index in [1.807, 2.05) is 0 Å². The Labute approximate surface area is 157 Å². The second-order valence-corrected chi connectivity index (χ2v) is 6.33. The largest absolute Gasteiger partial charge is 0.497 e. The van der Waals surface area contributed by atoms with E-state index in [-0.39, 0.29) is 12.3 Å². The van der Waals surface area contributed by atoms with E-state index in [4.69, 9.17) is 14.2 Å². The molecule has 0 unspecified atom stereocenters. The van der Waals surface area contributed by atoms with E-state index < -0.39 is 24.4 Å². The number of ether oxygens (including phenoxy) is 3. The summed E-state index contributed by atoms with van der Waals surface area (Å²) in [5.74, 6) is 1.20. The highest BCUT2D eigenvalue weighted by Crippen LogP contribution is 2.28. The molecule has 1 saturated carbocycles. The molecule has 0 aromatic heterocycles. The van der Waals surface area contributed by atoms with Crippen LogP contribution in [-0.2, 0) is 0 Å². The van der Waals surface area contributed by atoms with Crippen LogP contribution < -0.4 is 19.5 Å². The first-order valence-electron chi connectivity index (χ1n) is 8.64. The van der Waals surface area contributed by atoms with Gasteiger partial charge in [-0.1, -0.05) is 18.2 Å². The Morgan fingerprint density at radius 2 is 1.74 bits per heavy atom. The van der Waals surface area contributed by atoms with Crippen molar-refractivity contribution < 1.29 is 29.2 Å². The summed E-state index contributed by atoms with van der Waals surface area (Å²) in [5, 5.41) is 23.4. The maximum absolute atomic E-state index is 12.5. The van der Waals surface area contributed by atoms with Gasteiger partial charge in [-0.15, -0.1) is 0 Å². The summed E-state index contributed by atoms with van der Waals surface area (Å²) in [6.07, 6.45) is -2.66. The number of amides is 1. The van der Waals surface area contributed by atoms with Crippen molar-refractivity contribution in [2.24, 2.45) is 0 Å². The van der Waals surface area contributed by atoms with Gasteiger partial charge in [0.1, 0.15) is 35.6 Å². The minimum atomic E-state index is -1.14. The van der Waals surface area contributed by atoms with Gasteiger partial charge in [-0.3, -0.25) is 4.79 Å². The first-order valence-corrected chi connectivity index (χ1v) is 8.64. The second-order valence-electron chi connectivity index (χ2n) is 6.33. The normalized spacial score (nSPS) is 24.3. The number of rotatable bonds is 6. The number of aliphatic hydroxyl groups is 2. The fourth-order valence-electron chi connectivity index (χ4n) is 3.18. The number of methoxy groups -OCH3 is 2. The first kappa shape index (κ1) is 19.0. The number of hydrogen-bond acceptors (Lipinski definition) is 6. The minimum Gasteiger partial charge on any atom is -0.497 e. The number of benzene rings is 2. The van der Waals surface area contributed by atoms with E-state index in [0.717, 1.165) is 0 Å². The van der Waals surface area contributed by atoms with Crippen LogP contribution in [0.15, 0.2) is 48.5 Å². The molecule has 3 rings (SSSR count). The van der Waals surface area contributed by atoms with Gasteiger partial charge in [0.05, 0.1) is 25.8 Å². The predicted octanol–water partition coefficient (Wildman–Crippen LogP) is 1.38. The number of para-hydroxylation sites is 1. The summed E-state index contributed by atoms with van der Waals surface area (Å²) in [6, 6.07) is 13.2. The molecular weight excluding hydrogens is 350 g/mol. The zero-order valence-corrected chi connectivity index (χ0v) is 15.2. The summed E-state index contributed by atoms with van der Waals surface area (Å²) in [4.78, 5) is 12.5. The van der Waals surface area contributed by atoms with Crippen LogP contribution in [0.3, 0.4) is 0 Å². The highest BCUT2D eigenvalue weighted by atomic mass is 16.5. The van der Waals surface area contributed by atoms with Gasteiger partial charge in [-0.05, 0) is 24.3 Å². The summed E-state index contributed by atoms with van der Waals surface area (Å²) in [6.45, 7) is 0. The molecule has 0 aliphatic heterocycles. The molecule has 0 spiro atoms. The molecule has 3 N–H and O–H groups in total. The van der Waals surface area contributed by atoms with Crippen LogP contribution in [0, 0.1) is 0 Å². The van der Waals surface area contributed by atoms with Crippen LogP contribution in [0.4, 0.5) is 0 Å². The molecule has 0 bridgehead atoms. The predicted molar refractivity (Wildman–Crippen MR) is 98.3 cm³/mol. The zero-order valence-electron chi connectivity index (χ0n) is 15.2. The summed E-state index contributed by atoms with van der Waals surface area (Å²) >= 11 is 0. The summed E-state index contributed by atoms with van der Waals surface area (Å²) < 4.78 is 16.1. The summed E-state index contributed by atoms with van der Waals surface area (Å²) in [5.41, 5.74) is 0.360. The van der Waals surface area contributed by atoms with Crippen molar-refractivity contribution in [2.75, 3.05) is 14.2 Å². The lowest BCUT2D eigenvalue weighted by molar-refractivity contribution is -0.0135. The Kier molecular flexibility index (Phi) is 5.83. The van der Waals surface area contributed by atoms with Crippen molar-refractivity contribution in [1.29, 1.82) is 0 Å². The van der Waals surface area contributed by atoms with E-state index in [0.29, 0.717) is 22.8 Å². The molecule has 1 amide bonds. The van der Waals surface area contributed by atoms with Gasteiger partial charge in [-0.2, -0.15) is 0 Å². The Balaban J connectivity index is 1.68. The molecule has 1 aliphatic carbocycles. The topological polar surface area (TPSA) is 97.3 Å². The van der Waals surface area contributed by atoms with Gasteiger partial charge in [0.25, 0.3) is 5.91 Å². The molecule has 27 heavy (non-hydrogen) atoms. The quantitative estimate of drug-likeness (QED) is 0.708. The van der Waals surface area contributed by atoms with Crippen molar-refractivity contribution in [3.8, 4) is 17.2 Å². The second kappa shape index (κ2) is 8.28. The first-order chi connectivity index (χ1) is 13.0. The molecule has 0 heterocycles. The van der Waals surface area contributed by atoms with Crippen LogP contribution in [0.1, 0.15) is 16.8 Å². The van der Waals surface area contributed by atoms with E-state index in [9.17, 15) is 15.0 Å². The minimum absolute atomic E-state index is 0.264. The van der Waals surface area contributed by atoms with E-state index in [2.05, 4.69) is 5.32 Å². The van der Waals surface area contributed by atoms with Crippen LogP contribution in [0.25, 0.3) is 0 Å². The van der Waals surface area contributed by atoms with Crippen molar-refractivity contribution in [3.63, 3.8) is 0 Å². The number of nitrogens with one attached hydrogen (secondary N) is 1. The molecule has 1 aliphatic rings. The number of carbonyl (C=O) groups excluding carboxylic acids is 1. The molecule has 2 aromatic rings. The molecule has 0 radical (unpaired) electrons. The molecule has 144 valence electrons. The average Bonchev–Trinajstić information content (AvgIpc) is 2.95. The standard InChI is InChI=1S/C20H23NO6/c1-25-12-6-5-7-13(10-12)27-17-11-15(18(22)19(17)23)21-20(24)14-8-3-4-9-16(14)26-2/h3-10,15,17-19,22-23H,11H2,1-2H3,(H,21,24)/t15-,17-,18+,19+/m1/s1. The fourth-order valence-corrected chi connectivity index (χ4v) is 3.18. The molecule has 7 nitrogen and oxygen atoms in total. The average molecular weight is 373 g/mol. The van der Waals surface area contributed by atoms with Gasteiger partial charge in [0, 0.05) is 12.5 Å². The van der Waals surface area contributed by atoms with E-state index in [1.165, 1.54) is 7.11 Å². The van der Waals surface area contributed by atoms with Gasteiger partial charge in [0.15, 0.2) is 0 Å². The van der Waals surface area contributed by atoms with Crippen molar-refractivity contribution >= 4 is 5.91 Å². The molecular formula is C20H23NO6. The van der Waals surface area contributed by atoms with Gasteiger partial charge >= 0.3 is 0 Å². The van der Waals surface area contributed by atoms with Crippen LogP contribution in [0.5, 0.6) is 17.2 Å². The Bertz CT molecular complexity index is 796. The van der Waals surface area contributed by atoms with Crippen LogP contribution >= 0.6 is 0 Å². The van der Waals surface area contributed by atoms with Crippen molar-refractivity contribution in [3.05, 3.63) is 54.1 Å². The van der Waals surface area contributed by atoms with Gasteiger partial charge < -0.3 is 29.7 Å². The smallest absolute Gasteiger partial charge is 0.255 e. The highest BCUT2D eigenvalue weighted by molar-refractivity contribution is 5.97. The lowest BCUT2D eigenvalue weighted by Gasteiger charge is -2.19. The van der Waals surface area contributed by atoms with Crippen LogP contribution in [0.2, 0.25) is 0 Å². The Hall–Kier alpha value is -2.77. The molecule has 4 atom stereocenters. The zero-order chi connectivity index (χ0) is 19.4. The maximum Gasteiger partial charge on any atom is 0.255 e.